The van der Waals surface area contributed by atoms with Crippen molar-refractivity contribution in [3.63, 3.8) is 0 Å². The van der Waals surface area contributed by atoms with Crippen molar-refractivity contribution in [2.24, 2.45) is 17.8 Å². The number of anilines is 3. The summed E-state index contributed by atoms with van der Waals surface area (Å²) in [6.45, 7) is 4.68. The lowest BCUT2D eigenvalue weighted by Crippen LogP contribution is -2.45. The van der Waals surface area contributed by atoms with Gasteiger partial charge in [0.15, 0.2) is 12.4 Å². The number of rotatable bonds is 7. The maximum Gasteiger partial charge on any atom is 0.311 e. The number of hydrogen-bond donors (Lipinski definition) is 2. The summed E-state index contributed by atoms with van der Waals surface area (Å²) in [5.74, 6) is 1.17. The molecule has 3 N–H and O–H groups in total. The molecule has 182 valence electrons. The van der Waals surface area contributed by atoms with Gasteiger partial charge in [-0.15, -0.1) is 0 Å². The number of ether oxygens (including phenoxy) is 2. The Balaban J connectivity index is 1.37. The van der Waals surface area contributed by atoms with Crippen molar-refractivity contribution in [1.29, 1.82) is 0 Å². The third-order valence-corrected chi connectivity index (χ3v) is 6.95. The van der Waals surface area contributed by atoms with E-state index in [4.69, 9.17) is 15.2 Å². The minimum Gasteiger partial charge on any atom is -0.495 e. The SMILES string of the molecule is COc1ccccc1Nc1nc(N)nc(COC(=O)[C@@H]2CC(=O)N([C@@H]3CCC[C@@H](C)[C@@H]3C)C2)n1. The van der Waals surface area contributed by atoms with Crippen molar-refractivity contribution in [3.8, 4) is 5.75 Å². The van der Waals surface area contributed by atoms with Crippen LogP contribution in [0.2, 0.25) is 0 Å². The molecule has 10 heteroatoms. The first-order valence-electron chi connectivity index (χ1n) is 11.7. The molecule has 34 heavy (non-hydrogen) atoms. The minimum atomic E-state index is -0.484. The largest absolute Gasteiger partial charge is 0.495 e. The number of likely N-dealkylation sites (tertiary alicyclic amines) is 1. The van der Waals surface area contributed by atoms with Gasteiger partial charge in [0.2, 0.25) is 17.8 Å². The highest BCUT2D eigenvalue weighted by atomic mass is 16.5. The average molecular weight is 469 g/mol. The maximum atomic E-state index is 12.7. The predicted octanol–water partition coefficient (Wildman–Crippen LogP) is 2.92. The van der Waals surface area contributed by atoms with Crippen molar-refractivity contribution < 1.29 is 19.1 Å². The lowest BCUT2D eigenvalue weighted by atomic mass is 9.77. The van der Waals surface area contributed by atoms with Gasteiger partial charge >= 0.3 is 5.97 Å². The average Bonchev–Trinajstić information content (AvgIpc) is 3.20. The molecule has 4 atom stereocenters. The summed E-state index contributed by atoms with van der Waals surface area (Å²) in [6.07, 6.45) is 3.47. The zero-order valence-corrected chi connectivity index (χ0v) is 19.9. The molecule has 2 fully saturated rings. The number of nitrogen functional groups attached to an aromatic ring is 1. The highest BCUT2D eigenvalue weighted by Gasteiger charge is 2.42. The Kier molecular flexibility index (Phi) is 7.14. The molecule has 0 bridgehead atoms. The number of methoxy groups -OCH3 is 1. The molecule has 1 aliphatic heterocycles. The van der Waals surface area contributed by atoms with Gasteiger partial charge < -0.3 is 25.4 Å². The van der Waals surface area contributed by atoms with E-state index in [0.29, 0.717) is 29.8 Å². The third kappa shape index (κ3) is 5.21. The van der Waals surface area contributed by atoms with Crippen LogP contribution in [0.4, 0.5) is 17.6 Å². The molecule has 4 rings (SSSR count). The van der Waals surface area contributed by atoms with Crippen LogP contribution in [0, 0.1) is 17.8 Å². The summed E-state index contributed by atoms with van der Waals surface area (Å²) in [6, 6.07) is 7.51. The van der Waals surface area contributed by atoms with Crippen molar-refractivity contribution in [1.82, 2.24) is 19.9 Å². The van der Waals surface area contributed by atoms with E-state index < -0.39 is 11.9 Å². The van der Waals surface area contributed by atoms with Crippen LogP contribution in [0.25, 0.3) is 0 Å². The molecular weight excluding hydrogens is 436 g/mol. The molecule has 1 aromatic heterocycles. The molecule has 0 radical (unpaired) electrons. The van der Waals surface area contributed by atoms with E-state index in [-0.39, 0.29) is 42.7 Å². The van der Waals surface area contributed by atoms with E-state index in [1.807, 2.05) is 23.1 Å². The molecule has 1 aliphatic carbocycles. The van der Waals surface area contributed by atoms with Crippen LogP contribution < -0.4 is 15.8 Å². The molecule has 1 saturated carbocycles. The molecule has 1 amide bonds. The van der Waals surface area contributed by atoms with Crippen LogP contribution in [-0.4, -0.2) is 51.4 Å². The molecule has 0 spiro atoms. The number of carbonyl (C=O) groups is 2. The fourth-order valence-electron chi connectivity index (χ4n) is 4.88. The summed E-state index contributed by atoms with van der Waals surface area (Å²) in [4.78, 5) is 39.8. The highest BCUT2D eigenvalue weighted by molar-refractivity contribution is 5.87. The standard InChI is InChI=1S/C24H32N6O4/c1-14-7-6-9-18(15(14)2)30-12-16(11-21(30)31)22(32)34-13-20-27-23(25)29-24(28-20)26-17-8-4-5-10-19(17)33-3/h4-5,8,10,14-16,18H,6-7,9,11-13H2,1-3H3,(H3,25,26,27,28,29)/t14-,15+,16-,18-/m1/s1. The molecular formula is C24H32N6O4. The van der Waals surface area contributed by atoms with E-state index in [1.165, 1.54) is 6.42 Å². The van der Waals surface area contributed by atoms with Gasteiger partial charge in [-0.1, -0.05) is 38.8 Å². The van der Waals surface area contributed by atoms with Crippen molar-refractivity contribution in [3.05, 3.63) is 30.1 Å². The summed E-state index contributed by atoms with van der Waals surface area (Å²) < 4.78 is 10.8. The quantitative estimate of drug-likeness (QED) is 0.588. The number of nitrogens with zero attached hydrogens (tertiary/aromatic N) is 4. The molecule has 2 heterocycles. The number of nitrogens with two attached hydrogens (primary N) is 1. The van der Waals surface area contributed by atoms with Gasteiger partial charge in [-0.05, 0) is 30.4 Å². The van der Waals surface area contributed by atoms with Crippen LogP contribution in [-0.2, 0) is 20.9 Å². The highest BCUT2D eigenvalue weighted by Crippen LogP contribution is 2.36. The Morgan fingerprint density at radius 2 is 2.00 bits per heavy atom. The number of nitrogens with one attached hydrogen (secondary N) is 1. The molecule has 0 unspecified atom stereocenters. The smallest absolute Gasteiger partial charge is 0.311 e. The second-order valence-electron chi connectivity index (χ2n) is 9.15. The third-order valence-electron chi connectivity index (χ3n) is 6.95. The Labute approximate surface area is 199 Å². The van der Waals surface area contributed by atoms with Crippen LogP contribution in [0.3, 0.4) is 0 Å². The number of para-hydroxylation sites is 2. The summed E-state index contributed by atoms with van der Waals surface area (Å²) >= 11 is 0. The Hall–Kier alpha value is -3.43. The predicted molar refractivity (Wildman–Crippen MR) is 126 cm³/mol. The van der Waals surface area contributed by atoms with Gasteiger partial charge in [-0.2, -0.15) is 15.0 Å². The first kappa shape index (κ1) is 23.7. The van der Waals surface area contributed by atoms with E-state index in [9.17, 15) is 9.59 Å². The van der Waals surface area contributed by atoms with Crippen LogP contribution in [0.5, 0.6) is 5.75 Å². The van der Waals surface area contributed by atoms with Gasteiger partial charge in [-0.3, -0.25) is 9.59 Å². The Morgan fingerprint density at radius 3 is 2.79 bits per heavy atom. The topological polar surface area (TPSA) is 133 Å². The van der Waals surface area contributed by atoms with Crippen LogP contribution in [0.1, 0.15) is 45.4 Å². The van der Waals surface area contributed by atoms with Gasteiger partial charge in [0.25, 0.3) is 0 Å². The zero-order chi connectivity index (χ0) is 24.2. The van der Waals surface area contributed by atoms with Crippen LogP contribution in [0.15, 0.2) is 24.3 Å². The van der Waals surface area contributed by atoms with Crippen molar-refractivity contribution >= 4 is 29.5 Å². The number of carbonyl (C=O) groups excluding carboxylic acids is 2. The second kappa shape index (κ2) is 10.2. The van der Waals surface area contributed by atoms with Crippen molar-refractivity contribution in [2.45, 2.75) is 52.2 Å². The first-order chi connectivity index (χ1) is 16.4. The first-order valence-corrected chi connectivity index (χ1v) is 11.7. The van der Waals surface area contributed by atoms with Gasteiger partial charge in [0, 0.05) is 19.0 Å². The number of aromatic nitrogens is 3. The van der Waals surface area contributed by atoms with Crippen molar-refractivity contribution in [2.75, 3.05) is 24.7 Å². The molecule has 1 saturated heterocycles. The normalized spacial score (nSPS) is 24.7. The number of esters is 1. The van der Waals surface area contributed by atoms with E-state index in [2.05, 4.69) is 34.1 Å². The number of hydrogen-bond acceptors (Lipinski definition) is 9. The summed E-state index contributed by atoms with van der Waals surface area (Å²) in [7, 11) is 1.57. The lowest BCUT2D eigenvalue weighted by Gasteiger charge is -2.39. The molecule has 2 aliphatic rings. The zero-order valence-electron chi connectivity index (χ0n) is 19.9. The van der Waals surface area contributed by atoms with Gasteiger partial charge in [0.1, 0.15) is 5.75 Å². The summed E-state index contributed by atoms with van der Waals surface area (Å²) in [5.41, 5.74) is 6.49. The minimum absolute atomic E-state index is 0.000993. The Morgan fingerprint density at radius 1 is 1.21 bits per heavy atom. The summed E-state index contributed by atoms with van der Waals surface area (Å²) in [5, 5.41) is 3.04. The second-order valence-corrected chi connectivity index (χ2v) is 9.15. The van der Waals surface area contributed by atoms with E-state index in [1.54, 1.807) is 13.2 Å². The maximum absolute atomic E-state index is 12.7. The fourth-order valence-corrected chi connectivity index (χ4v) is 4.88. The molecule has 1 aromatic carbocycles. The Bertz CT molecular complexity index is 1050. The van der Waals surface area contributed by atoms with E-state index in [0.717, 1.165) is 12.8 Å². The fraction of sp³-hybridized carbons (Fsp3) is 0.542. The van der Waals surface area contributed by atoms with Gasteiger partial charge in [-0.25, -0.2) is 0 Å². The number of amides is 1. The van der Waals surface area contributed by atoms with E-state index >= 15 is 0 Å². The monoisotopic (exact) mass is 468 g/mol. The molecule has 2 aromatic rings. The number of benzene rings is 1. The van der Waals surface area contributed by atoms with Crippen LogP contribution >= 0.6 is 0 Å². The lowest BCUT2D eigenvalue weighted by molar-refractivity contribution is -0.150. The van der Waals surface area contributed by atoms with Gasteiger partial charge in [0.05, 0.1) is 18.7 Å². The molecule has 10 nitrogen and oxygen atoms in total.